The number of piperidine rings is 1. The molecular formula is C20H21N3O3S. The van der Waals surface area contributed by atoms with E-state index in [1.54, 1.807) is 40.5 Å². The summed E-state index contributed by atoms with van der Waals surface area (Å²) in [5.74, 6) is -0.166. The van der Waals surface area contributed by atoms with E-state index in [-0.39, 0.29) is 10.8 Å². The number of anilines is 1. The number of hydrogen-bond acceptors (Lipinski definition) is 4. The third-order valence-corrected chi connectivity index (χ3v) is 6.97. The maximum atomic E-state index is 12.7. The SMILES string of the molecule is CN1C(=O)C(=Nc2ccc(S(=O)(=O)N3CCCCC3)cc2)c2ccccc21. The maximum absolute atomic E-state index is 12.7. The molecule has 2 heterocycles. The Kier molecular flexibility index (Phi) is 4.57. The van der Waals surface area contributed by atoms with Gasteiger partial charge in [-0.2, -0.15) is 4.31 Å². The fourth-order valence-corrected chi connectivity index (χ4v) is 5.05. The molecule has 2 aromatic carbocycles. The first-order chi connectivity index (χ1) is 13.0. The van der Waals surface area contributed by atoms with Crippen LogP contribution in [0.5, 0.6) is 0 Å². The minimum absolute atomic E-state index is 0.166. The fraction of sp³-hybridized carbons (Fsp3) is 0.300. The molecule has 4 rings (SSSR count). The van der Waals surface area contributed by atoms with Gasteiger partial charge >= 0.3 is 0 Å². The standard InChI is InChI=1S/C20H21N3O3S/c1-22-18-8-4-3-7-17(18)19(20(22)24)21-15-9-11-16(12-10-15)27(25,26)23-13-5-2-6-14-23/h3-4,7-12H,2,5-6,13-14H2,1H3. The Labute approximate surface area is 159 Å². The van der Waals surface area contributed by atoms with Crippen LogP contribution in [-0.4, -0.2) is 44.5 Å². The third kappa shape index (κ3) is 3.17. The summed E-state index contributed by atoms with van der Waals surface area (Å²) in [6.07, 6.45) is 2.88. The van der Waals surface area contributed by atoms with Crippen molar-refractivity contribution in [2.45, 2.75) is 24.2 Å². The van der Waals surface area contributed by atoms with E-state index in [9.17, 15) is 13.2 Å². The smallest absolute Gasteiger partial charge is 0.277 e. The monoisotopic (exact) mass is 383 g/mol. The zero-order valence-corrected chi connectivity index (χ0v) is 15.9. The molecule has 6 nitrogen and oxygen atoms in total. The average Bonchev–Trinajstić information content (AvgIpc) is 2.94. The Balaban J connectivity index is 1.64. The van der Waals surface area contributed by atoms with Crippen LogP contribution >= 0.6 is 0 Å². The van der Waals surface area contributed by atoms with Crippen molar-refractivity contribution < 1.29 is 13.2 Å². The zero-order valence-electron chi connectivity index (χ0n) is 15.1. The highest BCUT2D eigenvalue weighted by Gasteiger charge is 2.31. The summed E-state index contributed by atoms with van der Waals surface area (Å²) in [5, 5.41) is 0. The molecule has 140 valence electrons. The van der Waals surface area contributed by atoms with Crippen LogP contribution in [0, 0.1) is 0 Å². The molecule has 1 amide bonds. The van der Waals surface area contributed by atoms with Crippen molar-refractivity contribution in [2.24, 2.45) is 4.99 Å². The van der Waals surface area contributed by atoms with Crippen molar-refractivity contribution in [1.29, 1.82) is 0 Å². The largest absolute Gasteiger partial charge is 0.309 e. The number of hydrogen-bond donors (Lipinski definition) is 0. The summed E-state index contributed by atoms with van der Waals surface area (Å²) in [4.78, 5) is 18.8. The van der Waals surface area contributed by atoms with Crippen molar-refractivity contribution in [2.75, 3.05) is 25.0 Å². The molecule has 2 aliphatic heterocycles. The topological polar surface area (TPSA) is 70.0 Å². The second-order valence-electron chi connectivity index (χ2n) is 6.80. The van der Waals surface area contributed by atoms with Crippen molar-refractivity contribution in [1.82, 2.24) is 4.31 Å². The number of rotatable bonds is 3. The predicted molar refractivity (Wildman–Crippen MR) is 105 cm³/mol. The van der Waals surface area contributed by atoms with Crippen LogP contribution in [0.15, 0.2) is 58.4 Å². The number of nitrogens with zero attached hydrogens (tertiary/aromatic N) is 3. The molecule has 0 unspecified atom stereocenters. The molecular weight excluding hydrogens is 362 g/mol. The second-order valence-corrected chi connectivity index (χ2v) is 8.74. The average molecular weight is 383 g/mol. The van der Waals surface area contributed by atoms with Gasteiger partial charge in [-0.15, -0.1) is 0 Å². The van der Waals surface area contributed by atoms with E-state index in [0.29, 0.717) is 24.5 Å². The van der Waals surface area contributed by atoms with Gasteiger partial charge in [0.1, 0.15) is 5.71 Å². The molecule has 0 bridgehead atoms. The Bertz CT molecular complexity index is 1010. The van der Waals surface area contributed by atoms with Gasteiger partial charge in [0, 0.05) is 25.7 Å². The highest BCUT2D eigenvalue weighted by atomic mass is 32.2. The van der Waals surface area contributed by atoms with E-state index in [1.807, 2.05) is 24.3 Å². The van der Waals surface area contributed by atoms with E-state index in [0.717, 1.165) is 30.5 Å². The lowest BCUT2D eigenvalue weighted by Gasteiger charge is -2.25. The molecule has 2 aliphatic rings. The predicted octanol–water partition coefficient (Wildman–Crippen LogP) is 2.96. The molecule has 0 aliphatic carbocycles. The first-order valence-corrected chi connectivity index (χ1v) is 10.5. The van der Waals surface area contributed by atoms with Crippen LogP contribution in [0.4, 0.5) is 11.4 Å². The Morgan fingerprint density at radius 2 is 1.59 bits per heavy atom. The number of sulfonamides is 1. The minimum atomic E-state index is -3.46. The summed E-state index contributed by atoms with van der Waals surface area (Å²) in [7, 11) is -1.74. The van der Waals surface area contributed by atoms with Crippen molar-refractivity contribution >= 4 is 33.0 Å². The van der Waals surface area contributed by atoms with Gasteiger partial charge in [0.2, 0.25) is 10.0 Å². The minimum Gasteiger partial charge on any atom is -0.309 e. The van der Waals surface area contributed by atoms with E-state index in [4.69, 9.17) is 0 Å². The molecule has 1 fully saturated rings. The van der Waals surface area contributed by atoms with Crippen LogP contribution < -0.4 is 4.90 Å². The summed E-state index contributed by atoms with van der Waals surface area (Å²) < 4.78 is 27.0. The molecule has 0 saturated carbocycles. The first-order valence-electron chi connectivity index (χ1n) is 9.05. The lowest BCUT2D eigenvalue weighted by Crippen LogP contribution is -2.35. The van der Waals surface area contributed by atoms with E-state index < -0.39 is 10.0 Å². The number of carbonyl (C=O) groups is 1. The normalized spacial score (nSPS) is 19.5. The number of aliphatic imine (C=N–C) groups is 1. The molecule has 27 heavy (non-hydrogen) atoms. The Hall–Kier alpha value is -2.51. The fourth-order valence-electron chi connectivity index (χ4n) is 3.53. The van der Waals surface area contributed by atoms with Crippen molar-refractivity contribution in [3.05, 3.63) is 54.1 Å². The number of fused-ring (bicyclic) bond motifs is 1. The van der Waals surface area contributed by atoms with Crippen LogP contribution in [0.3, 0.4) is 0 Å². The lowest BCUT2D eigenvalue weighted by atomic mass is 10.1. The summed E-state index contributed by atoms with van der Waals surface area (Å²) in [6.45, 7) is 1.15. The number of benzene rings is 2. The summed E-state index contributed by atoms with van der Waals surface area (Å²) in [6, 6.07) is 13.9. The number of amides is 1. The lowest BCUT2D eigenvalue weighted by molar-refractivity contribution is -0.111. The van der Waals surface area contributed by atoms with Crippen LogP contribution in [0.25, 0.3) is 0 Å². The van der Waals surface area contributed by atoms with Gasteiger partial charge in [0.25, 0.3) is 5.91 Å². The number of para-hydroxylation sites is 1. The van der Waals surface area contributed by atoms with Gasteiger partial charge in [-0.3, -0.25) is 4.79 Å². The maximum Gasteiger partial charge on any atom is 0.277 e. The van der Waals surface area contributed by atoms with Gasteiger partial charge in [0.15, 0.2) is 0 Å². The third-order valence-electron chi connectivity index (χ3n) is 5.06. The first kappa shape index (κ1) is 17.9. The molecule has 7 heteroatoms. The zero-order chi connectivity index (χ0) is 19.0. The molecule has 1 saturated heterocycles. The molecule has 0 aromatic heterocycles. The summed E-state index contributed by atoms with van der Waals surface area (Å²) >= 11 is 0. The Morgan fingerprint density at radius 1 is 0.926 bits per heavy atom. The quantitative estimate of drug-likeness (QED) is 0.818. The van der Waals surface area contributed by atoms with Gasteiger partial charge in [-0.1, -0.05) is 24.6 Å². The van der Waals surface area contributed by atoms with Crippen LogP contribution in [0.2, 0.25) is 0 Å². The molecule has 0 atom stereocenters. The van der Waals surface area contributed by atoms with E-state index in [1.165, 1.54) is 0 Å². The number of likely N-dealkylation sites (N-methyl/N-ethyl adjacent to an activating group) is 1. The van der Waals surface area contributed by atoms with Gasteiger partial charge in [0.05, 0.1) is 16.3 Å². The number of carbonyl (C=O) groups excluding carboxylic acids is 1. The van der Waals surface area contributed by atoms with E-state index in [2.05, 4.69) is 4.99 Å². The van der Waals surface area contributed by atoms with Gasteiger partial charge in [-0.05, 0) is 43.2 Å². The highest BCUT2D eigenvalue weighted by molar-refractivity contribution is 7.89. The van der Waals surface area contributed by atoms with Crippen molar-refractivity contribution in [3.63, 3.8) is 0 Å². The molecule has 0 radical (unpaired) electrons. The Morgan fingerprint density at radius 3 is 2.30 bits per heavy atom. The van der Waals surface area contributed by atoms with Gasteiger partial charge in [-0.25, -0.2) is 13.4 Å². The molecule has 2 aromatic rings. The highest BCUT2D eigenvalue weighted by Crippen LogP contribution is 2.30. The van der Waals surface area contributed by atoms with Crippen molar-refractivity contribution in [3.8, 4) is 0 Å². The van der Waals surface area contributed by atoms with Crippen LogP contribution in [0.1, 0.15) is 24.8 Å². The van der Waals surface area contributed by atoms with E-state index >= 15 is 0 Å². The summed E-state index contributed by atoms with van der Waals surface area (Å²) in [5.41, 5.74) is 2.54. The van der Waals surface area contributed by atoms with Gasteiger partial charge < -0.3 is 4.90 Å². The molecule has 0 N–H and O–H groups in total. The molecule has 0 spiro atoms. The second kappa shape index (κ2) is 6.90. The van der Waals surface area contributed by atoms with Crippen LogP contribution in [-0.2, 0) is 14.8 Å².